The minimum atomic E-state index is -0.664. The van der Waals surface area contributed by atoms with E-state index in [1.54, 1.807) is 0 Å². The number of nitrogens with one attached hydrogen (secondary N) is 2. The third-order valence-electron chi connectivity index (χ3n) is 5.42. The molecule has 0 aliphatic carbocycles. The van der Waals surface area contributed by atoms with Gasteiger partial charge in [0.05, 0.1) is 0 Å². The fourth-order valence-corrected chi connectivity index (χ4v) is 3.79. The van der Waals surface area contributed by atoms with E-state index in [2.05, 4.69) is 34.9 Å². The molecule has 166 valence electrons. The highest BCUT2D eigenvalue weighted by atomic mass is 19.1. The molecular weight excluding hydrogens is 403 g/mol. The molecule has 1 atom stereocenters. The van der Waals surface area contributed by atoms with Gasteiger partial charge in [0, 0.05) is 18.0 Å². The minimum absolute atomic E-state index is 0.157. The van der Waals surface area contributed by atoms with E-state index in [1.165, 1.54) is 35.4 Å². The molecule has 3 aromatic carbocycles. The summed E-state index contributed by atoms with van der Waals surface area (Å²) in [5.74, 6) is -1.01. The van der Waals surface area contributed by atoms with E-state index in [-0.39, 0.29) is 17.4 Å². The topological polar surface area (TPSA) is 58.2 Å². The Labute approximate surface area is 188 Å². The van der Waals surface area contributed by atoms with Crippen molar-refractivity contribution in [2.45, 2.75) is 38.1 Å². The summed E-state index contributed by atoms with van der Waals surface area (Å²) >= 11 is 0. The largest absolute Gasteiger partial charge is 0.354 e. The molecule has 0 bridgehead atoms. The molecule has 3 rings (SSSR count). The van der Waals surface area contributed by atoms with E-state index < -0.39 is 17.8 Å². The van der Waals surface area contributed by atoms with E-state index in [0.29, 0.717) is 13.0 Å². The lowest BCUT2D eigenvalue weighted by Gasteiger charge is -2.21. The number of hydrogen-bond acceptors (Lipinski definition) is 2. The summed E-state index contributed by atoms with van der Waals surface area (Å²) in [5.41, 5.74) is 2.59. The lowest BCUT2D eigenvalue weighted by atomic mass is 9.88. The molecule has 0 aliphatic heterocycles. The molecule has 1 unspecified atom stereocenters. The van der Waals surface area contributed by atoms with Crippen LogP contribution in [-0.2, 0) is 4.79 Å². The second-order valence-electron chi connectivity index (χ2n) is 7.78. The molecule has 0 spiro atoms. The maximum absolute atomic E-state index is 13.4. The zero-order valence-corrected chi connectivity index (χ0v) is 18.3. The molecule has 4 nitrogen and oxygen atoms in total. The van der Waals surface area contributed by atoms with Gasteiger partial charge >= 0.3 is 0 Å². The molecular formula is C27H29FN2O2. The van der Waals surface area contributed by atoms with Crippen molar-refractivity contribution in [2.24, 2.45) is 0 Å². The summed E-state index contributed by atoms with van der Waals surface area (Å²) < 4.78 is 13.4. The van der Waals surface area contributed by atoms with Gasteiger partial charge in [-0.15, -0.1) is 0 Å². The van der Waals surface area contributed by atoms with Crippen molar-refractivity contribution in [3.63, 3.8) is 0 Å². The predicted molar refractivity (Wildman–Crippen MR) is 125 cm³/mol. The summed E-state index contributed by atoms with van der Waals surface area (Å²) in [6, 6.07) is 25.2. The van der Waals surface area contributed by atoms with Crippen LogP contribution in [0.1, 0.15) is 53.6 Å². The van der Waals surface area contributed by atoms with Crippen LogP contribution in [0.3, 0.4) is 0 Å². The second-order valence-corrected chi connectivity index (χ2v) is 7.78. The number of rotatable bonds is 10. The van der Waals surface area contributed by atoms with Crippen LogP contribution in [0.4, 0.5) is 4.39 Å². The molecule has 32 heavy (non-hydrogen) atoms. The Morgan fingerprint density at radius 1 is 0.844 bits per heavy atom. The molecule has 3 aromatic rings. The molecule has 0 aromatic heterocycles. The summed E-state index contributed by atoms with van der Waals surface area (Å²) in [7, 11) is 0. The normalized spacial score (nSPS) is 11.7. The van der Waals surface area contributed by atoms with E-state index in [0.717, 1.165) is 12.8 Å². The first-order valence-electron chi connectivity index (χ1n) is 11.0. The highest BCUT2D eigenvalue weighted by Crippen LogP contribution is 2.27. The first-order chi connectivity index (χ1) is 15.6. The zero-order valence-electron chi connectivity index (χ0n) is 18.3. The number of benzene rings is 3. The fraction of sp³-hybridized carbons (Fsp3) is 0.259. The third kappa shape index (κ3) is 6.51. The van der Waals surface area contributed by atoms with Gasteiger partial charge in [-0.2, -0.15) is 0 Å². The van der Waals surface area contributed by atoms with E-state index in [1.807, 2.05) is 43.3 Å². The molecule has 2 amide bonds. The van der Waals surface area contributed by atoms with Crippen molar-refractivity contribution in [3.8, 4) is 0 Å². The van der Waals surface area contributed by atoms with Crippen LogP contribution in [0.15, 0.2) is 84.9 Å². The highest BCUT2D eigenvalue weighted by Gasteiger charge is 2.21. The van der Waals surface area contributed by atoms with Crippen LogP contribution >= 0.6 is 0 Å². The summed E-state index contributed by atoms with van der Waals surface area (Å²) in [6.45, 7) is 2.43. The Balaban J connectivity index is 1.62. The predicted octanol–water partition coefficient (Wildman–Crippen LogP) is 5.06. The molecule has 0 aliphatic rings. The van der Waals surface area contributed by atoms with Crippen LogP contribution in [-0.4, -0.2) is 24.4 Å². The Bertz CT molecular complexity index is 969. The molecule has 2 N–H and O–H groups in total. The number of halogens is 1. The second kappa shape index (κ2) is 11.8. The number of carbonyl (C=O) groups is 2. The van der Waals surface area contributed by atoms with Crippen molar-refractivity contribution >= 4 is 11.8 Å². The molecule has 0 radical (unpaired) electrons. The van der Waals surface area contributed by atoms with Crippen LogP contribution in [0.2, 0.25) is 0 Å². The van der Waals surface area contributed by atoms with Gasteiger partial charge in [0.25, 0.3) is 5.91 Å². The van der Waals surface area contributed by atoms with Gasteiger partial charge in [0.2, 0.25) is 5.91 Å². The van der Waals surface area contributed by atoms with Crippen LogP contribution in [0.25, 0.3) is 0 Å². The average molecular weight is 433 g/mol. The van der Waals surface area contributed by atoms with Crippen molar-refractivity contribution < 1.29 is 14.0 Å². The van der Waals surface area contributed by atoms with Crippen molar-refractivity contribution in [1.29, 1.82) is 0 Å². The third-order valence-corrected chi connectivity index (χ3v) is 5.42. The molecule has 0 fully saturated rings. The Morgan fingerprint density at radius 2 is 1.47 bits per heavy atom. The number of amides is 2. The molecule has 0 heterocycles. The van der Waals surface area contributed by atoms with Crippen molar-refractivity contribution in [2.75, 3.05) is 6.54 Å². The van der Waals surface area contributed by atoms with Crippen LogP contribution in [0, 0.1) is 5.82 Å². The summed E-state index contributed by atoms with van der Waals surface area (Å²) in [6.07, 6.45) is 1.97. The van der Waals surface area contributed by atoms with Crippen molar-refractivity contribution in [3.05, 3.63) is 107 Å². The Morgan fingerprint density at radius 3 is 2.03 bits per heavy atom. The van der Waals surface area contributed by atoms with Gasteiger partial charge in [-0.3, -0.25) is 9.59 Å². The monoisotopic (exact) mass is 432 g/mol. The lowest BCUT2D eigenvalue weighted by molar-refractivity contribution is -0.123. The standard InChI is InChI=1S/C27H29FN2O2/c1-2-10-25(30-26(31)22-15-9-16-23(28)19-22)27(32)29-18-17-24(20-11-5-3-6-12-20)21-13-7-4-8-14-21/h3-9,11-16,19,24-25H,2,10,17-18H2,1H3,(H,29,32)(H,30,31). The molecule has 0 saturated heterocycles. The minimum Gasteiger partial charge on any atom is -0.354 e. The first-order valence-corrected chi connectivity index (χ1v) is 11.0. The quantitative estimate of drug-likeness (QED) is 0.470. The van der Waals surface area contributed by atoms with Crippen molar-refractivity contribution in [1.82, 2.24) is 10.6 Å². The Hall–Kier alpha value is -3.47. The first kappa shape index (κ1) is 23.2. The summed E-state index contributed by atoms with van der Waals surface area (Å²) in [4.78, 5) is 25.3. The lowest BCUT2D eigenvalue weighted by Crippen LogP contribution is -2.47. The van der Waals surface area contributed by atoms with Gasteiger partial charge in [-0.05, 0) is 42.2 Å². The van der Waals surface area contributed by atoms with Gasteiger partial charge < -0.3 is 10.6 Å². The highest BCUT2D eigenvalue weighted by molar-refractivity contribution is 5.97. The number of hydrogen-bond donors (Lipinski definition) is 2. The average Bonchev–Trinajstić information content (AvgIpc) is 2.82. The van der Waals surface area contributed by atoms with E-state index in [4.69, 9.17) is 0 Å². The van der Waals surface area contributed by atoms with E-state index in [9.17, 15) is 14.0 Å². The van der Waals surface area contributed by atoms with Gasteiger partial charge in [0.15, 0.2) is 0 Å². The molecule has 5 heteroatoms. The van der Waals surface area contributed by atoms with Crippen LogP contribution in [0.5, 0.6) is 0 Å². The Kier molecular flexibility index (Phi) is 8.55. The molecule has 0 saturated carbocycles. The fourth-order valence-electron chi connectivity index (χ4n) is 3.79. The van der Waals surface area contributed by atoms with Gasteiger partial charge in [0.1, 0.15) is 11.9 Å². The van der Waals surface area contributed by atoms with Gasteiger partial charge in [-0.25, -0.2) is 4.39 Å². The maximum Gasteiger partial charge on any atom is 0.252 e. The maximum atomic E-state index is 13.4. The summed E-state index contributed by atoms with van der Waals surface area (Å²) in [5, 5.41) is 5.72. The van der Waals surface area contributed by atoms with Crippen LogP contribution < -0.4 is 10.6 Å². The number of carbonyl (C=O) groups excluding carboxylic acids is 2. The zero-order chi connectivity index (χ0) is 22.8. The SMILES string of the molecule is CCCC(NC(=O)c1cccc(F)c1)C(=O)NCCC(c1ccccc1)c1ccccc1. The van der Waals surface area contributed by atoms with E-state index >= 15 is 0 Å². The van der Waals surface area contributed by atoms with Gasteiger partial charge in [-0.1, -0.05) is 80.1 Å². The smallest absolute Gasteiger partial charge is 0.252 e.